The van der Waals surface area contributed by atoms with E-state index in [4.69, 9.17) is 18.9 Å². The van der Waals surface area contributed by atoms with Crippen LogP contribution in [0.1, 0.15) is 80.2 Å². The number of Topliss-reactive ketones (excluding diaryl/α,β-unsaturated/α-hetero) is 1. The lowest BCUT2D eigenvalue weighted by Gasteiger charge is -2.60. The highest BCUT2D eigenvalue weighted by Gasteiger charge is 2.65. The fourth-order valence-electron chi connectivity index (χ4n) is 8.12. The van der Waals surface area contributed by atoms with Crippen molar-refractivity contribution in [3.05, 3.63) is 53.1 Å². The average molecular weight is 609 g/mol. The quantitative estimate of drug-likeness (QED) is 0.237. The van der Waals surface area contributed by atoms with Crippen molar-refractivity contribution in [1.82, 2.24) is 0 Å². The number of allylic oxidation sites excluding steroid dienone is 1. The van der Waals surface area contributed by atoms with Crippen LogP contribution in [0.5, 0.6) is 0 Å². The minimum Gasteiger partial charge on any atom is -0.462 e. The highest BCUT2D eigenvalue weighted by atomic mass is 16.6. The molecule has 0 radical (unpaired) electrons. The maximum atomic E-state index is 13.5. The first kappa shape index (κ1) is 33.1. The smallest absolute Gasteiger partial charge is 0.331 e. The summed E-state index contributed by atoms with van der Waals surface area (Å²) in [6.45, 7) is 13.4. The maximum Gasteiger partial charge on any atom is 0.331 e. The van der Waals surface area contributed by atoms with Crippen molar-refractivity contribution < 1.29 is 42.9 Å². The first-order valence-electron chi connectivity index (χ1n) is 15.3. The lowest BCUT2D eigenvalue weighted by molar-refractivity contribution is -0.222. The van der Waals surface area contributed by atoms with E-state index in [-0.39, 0.29) is 18.1 Å². The summed E-state index contributed by atoms with van der Waals surface area (Å²) in [4.78, 5) is 64.5. The van der Waals surface area contributed by atoms with Crippen LogP contribution in [0, 0.1) is 28.6 Å². The summed E-state index contributed by atoms with van der Waals surface area (Å²) in [5.41, 5.74) is 0.199. The lowest BCUT2D eigenvalue weighted by atomic mass is 9.48. The van der Waals surface area contributed by atoms with E-state index >= 15 is 0 Å². The third-order valence-corrected chi connectivity index (χ3v) is 10.1. The molecule has 3 aliphatic rings. The Morgan fingerprint density at radius 2 is 1.50 bits per heavy atom. The molecule has 238 valence electrons. The number of hydrogen-bond acceptors (Lipinski definition) is 9. The molecule has 8 atom stereocenters. The van der Waals surface area contributed by atoms with E-state index in [0.29, 0.717) is 24.0 Å². The molecule has 2 bridgehead atoms. The molecular formula is C35H44O9. The second-order valence-corrected chi connectivity index (χ2v) is 13.3. The predicted octanol–water partition coefficient (Wildman–Crippen LogP) is 5.40. The molecule has 0 saturated heterocycles. The van der Waals surface area contributed by atoms with Gasteiger partial charge in [0.1, 0.15) is 18.3 Å². The number of carbonyl (C=O) groups excluding carboxylic acids is 5. The van der Waals surface area contributed by atoms with Gasteiger partial charge in [0.05, 0.1) is 0 Å². The van der Waals surface area contributed by atoms with Crippen molar-refractivity contribution in [2.45, 2.75) is 99.1 Å². The van der Waals surface area contributed by atoms with Crippen LogP contribution in [0.25, 0.3) is 6.08 Å². The number of hydrogen-bond donors (Lipinski definition) is 0. The molecule has 3 aliphatic carbocycles. The van der Waals surface area contributed by atoms with Gasteiger partial charge in [0, 0.05) is 56.4 Å². The number of esters is 4. The Bertz CT molecular complexity index is 1370. The fraction of sp³-hybridized carbons (Fsp3) is 0.571. The van der Waals surface area contributed by atoms with Crippen molar-refractivity contribution in [3.63, 3.8) is 0 Å². The van der Waals surface area contributed by atoms with Crippen molar-refractivity contribution in [2.24, 2.45) is 28.6 Å². The molecular weight excluding hydrogens is 564 g/mol. The molecule has 0 N–H and O–H groups in total. The van der Waals surface area contributed by atoms with Gasteiger partial charge in [-0.2, -0.15) is 0 Å². The maximum absolute atomic E-state index is 13.5. The summed E-state index contributed by atoms with van der Waals surface area (Å²) in [6.07, 6.45) is 0.654. The minimum atomic E-state index is -1.04. The highest BCUT2D eigenvalue weighted by Crippen LogP contribution is 2.60. The molecule has 0 heterocycles. The van der Waals surface area contributed by atoms with Crippen molar-refractivity contribution in [2.75, 3.05) is 0 Å². The molecule has 9 nitrogen and oxygen atoms in total. The second kappa shape index (κ2) is 12.7. The summed E-state index contributed by atoms with van der Waals surface area (Å²) in [5, 5.41) is 0. The molecule has 44 heavy (non-hydrogen) atoms. The van der Waals surface area contributed by atoms with Gasteiger partial charge in [-0.3, -0.25) is 19.2 Å². The van der Waals surface area contributed by atoms with Crippen LogP contribution in [0.4, 0.5) is 0 Å². The van der Waals surface area contributed by atoms with Crippen LogP contribution >= 0.6 is 0 Å². The summed E-state index contributed by atoms with van der Waals surface area (Å²) in [5.74, 6) is -3.71. The second-order valence-electron chi connectivity index (χ2n) is 13.3. The summed E-state index contributed by atoms with van der Waals surface area (Å²) < 4.78 is 24.2. The van der Waals surface area contributed by atoms with E-state index in [1.54, 1.807) is 13.0 Å². The monoisotopic (exact) mass is 608 g/mol. The lowest BCUT2D eigenvalue weighted by Crippen LogP contribution is -2.65. The zero-order chi connectivity index (χ0) is 32.6. The molecule has 2 fully saturated rings. The molecule has 4 rings (SSSR count). The number of ketones is 1. The Hall–Kier alpha value is -3.75. The number of carbonyl (C=O) groups is 5. The predicted molar refractivity (Wildman–Crippen MR) is 162 cm³/mol. The first-order valence-corrected chi connectivity index (χ1v) is 15.3. The Morgan fingerprint density at radius 1 is 0.886 bits per heavy atom. The van der Waals surface area contributed by atoms with Gasteiger partial charge in [-0.15, -0.1) is 0 Å². The molecule has 9 heteroatoms. The molecule has 0 unspecified atom stereocenters. The zero-order valence-electron chi connectivity index (χ0n) is 26.9. The summed E-state index contributed by atoms with van der Waals surface area (Å²) in [7, 11) is 0. The van der Waals surface area contributed by atoms with Crippen LogP contribution < -0.4 is 0 Å². The Morgan fingerprint density at radius 3 is 2.09 bits per heavy atom. The SMILES string of the molecule is CC(=O)O[C@H]1[C@@H]2[C@H](C)[C@@H](OC(=O)/C=C/c3ccccc3)CC[C@@]2(C)[C@@H](OC(C)=O)[C@H](OC(C)=O)C2=C(C)C(=O)C[C@@H]1C2(C)C. The van der Waals surface area contributed by atoms with Gasteiger partial charge >= 0.3 is 23.9 Å². The number of ether oxygens (including phenoxy) is 4. The summed E-state index contributed by atoms with van der Waals surface area (Å²) >= 11 is 0. The van der Waals surface area contributed by atoms with Gasteiger partial charge in [-0.05, 0) is 48.0 Å². The highest BCUT2D eigenvalue weighted by molar-refractivity contribution is 5.97. The van der Waals surface area contributed by atoms with Crippen molar-refractivity contribution in [1.29, 1.82) is 0 Å². The Labute approximate surface area is 259 Å². The van der Waals surface area contributed by atoms with Gasteiger partial charge in [-0.25, -0.2) is 4.79 Å². The van der Waals surface area contributed by atoms with Crippen LogP contribution in [0.2, 0.25) is 0 Å². The largest absolute Gasteiger partial charge is 0.462 e. The minimum absolute atomic E-state index is 0.120. The van der Waals surface area contributed by atoms with Crippen LogP contribution in [0.15, 0.2) is 47.6 Å². The van der Waals surface area contributed by atoms with Crippen molar-refractivity contribution in [3.8, 4) is 0 Å². The molecule has 0 aliphatic heterocycles. The third-order valence-electron chi connectivity index (χ3n) is 10.1. The third kappa shape index (κ3) is 6.37. The molecule has 0 amide bonds. The van der Waals surface area contributed by atoms with Crippen LogP contribution in [-0.2, 0) is 42.9 Å². The van der Waals surface area contributed by atoms with E-state index in [1.807, 2.05) is 58.0 Å². The zero-order valence-corrected chi connectivity index (χ0v) is 26.9. The molecule has 1 aromatic rings. The van der Waals surface area contributed by atoms with Gasteiger partial charge in [-0.1, -0.05) is 58.0 Å². The van der Waals surface area contributed by atoms with E-state index in [9.17, 15) is 24.0 Å². The first-order chi connectivity index (χ1) is 20.6. The van der Waals surface area contributed by atoms with Crippen LogP contribution in [-0.4, -0.2) is 54.1 Å². The van der Waals surface area contributed by atoms with E-state index in [2.05, 4.69) is 0 Å². The van der Waals surface area contributed by atoms with Gasteiger partial charge in [0.25, 0.3) is 0 Å². The van der Waals surface area contributed by atoms with Crippen molar-refractivity contribution >= 4 is 35.7 Å². The van der Waals surface area contributed by atoms with Gasteiger partial charge in [0.15, 0.2) is 11.9 Å². The Kier molecular flexibility index (Phi) is 9.57. The number of benzene rings is 1. The van der Waals surface area contributed by atoms with E-state index in [1.165, 1.54) is 26.8 Å². The van der Waals surface area contributed by atoms with E-state index in [0.717, 1.165) is 5.56 Å². The molecule has 1 aromatic carbocycles. The van der Waals surface area contributed by atoms with Crippen LogP contribution in [0.3, 0.4) is 0 Å². The topological polar surface area (TPSA) is 122 Å². The van der Waals surface area contributed by atoms with Gasteiger partial charge < -0.3 is 18.9 Å². The molecule has 0 aromatic heterocycles. The number of rotatable bonds is 6. The standard InChI is InChI=1S/C35H44O9/c1-19-26(39)18-25-31(41-21(3)36)30-20(2)27(44-28(40)15-14-24-12-10-9-11-13-24)16-17-35(30,8)33(43-23(5)38)32(42-22(4)37)29(19)34(25,6)7/h9-15,20,25,27,30-33H,16-18H2,1-8H3/b15-14+/t20-,25+,27+,30+,31-,32-,33+,35-/m1/s1. The molecule has 0 spiro atoms. The Balaban J connectivity index is 1.85. The molecule has 2 saturated carbocycles. The normalized spacial score (nSPS) is 33.0. The average Bonchev–Trinajstić information content (AvgIpc) is 2.93. The number of fused-ring (bicyclic) bond motifs is 3. The fourth-order valence-corrected chi connectivity index (χ4v) is 8.12. The van der Waals surface area contributed by atoms with E-state index < -0.39 is 71.0 Å². The summed E-state index contributed by atoms with van der Waals surface area (Å²) in [6, 6.07) is 9.40. The van der Waals surface area contributed by atoms with Gasteiger partial charge in [0.2, 0.25) is 0 Å².